The number of likely N-dealkylation sites (tertiary alicyclic amines) is 1. The van der Waals surface area contributed by atoms with Crippen LogP contribution in [0.3, 0.4) is 0 Å². The van der Waals surface area contributed by atoms with Gasteiger partial charge in [0.05, 0.1) is 6.04 Å². The summed E-state index contributed by atoms with van der Waals surface area (Å²) >= 11 is 6.32. The molecule has 0 bridgehead atoms. The second kappa shape index (κ2) is 8.41. The summed E-state index contributed by atoms with van der Waals surface area (Å²) in [6.07, 6.45) is -3.90. The zero-order chi connectivity index (χ0) is 24.1. The van der Waals surface area contributed by atoms with Crippen molar-refractivity contribution in [3.63, 3.8) is 0 Å². The molecule has 0 aliphatic carbocycles. The van der Waals surface area contributed by atoms with Crippen molar-refractivity contribution in [1.82, 2.24) is 9.80 Å². The molecule has 0 spiro atoms. The maximum atomic E-state index is 13.2. The number of carbonyl (C=O) groups is 2. The van der Waals surface area contributed by atoms with Gasteiger partial charge in [-0.05, 0) is 75.8 Å². The molecule has 2 atom stereocenters. The Bertz CT molecular complexity index is 912. The fourth-order valence-corrected chi connectivity index (χ4v) is 4.44. The second-order valence-corrected chi connectivity index (χ2v) is 9.95. The predicted molar refractivity (Wildman–Crippen MR) is 112 cm³/mol. The van der Waals surface area contributed by atoms with Crippen LogP contribution in [-0.2, 0) is 22.5 Å². The maximum Gasteiger partial charge on any atom is 0.426 e. The van der Waals surface area contributed by atoms with E-state index in [9.17, 15) is 27.9 Å². The number of hydrogen-bond donors (Lipinski definition) is 1. The predicted octanol–water partition coefficient (Wildman–Crippen LogP) is 4.61. The lowest BCUT2D eigenvalue weighted by atomic mass is 9.89. The molecule has 0 saturated carbocycles. The molecule has 3 rings (SSSR count). The van der Waals surface area contributed by atoms with Gasteiger partial charge in [0.25, 0.3) is 5.91 Å². The SMILES string of the molecule is CC(C)(C)OC(=O)N1CCC[C@H]1c1cc(Cl)cc2c1CN(C(=O)C(C)(O)C(F)(F)F)CC2. The third kappa shape index (κ3) is 4.83. The van der Waals surface area contributed by atoms with Gasteiger partial charge < -0.3 is 19.6 Å². The van der Waals surface area contributed by atoms with Crippen LogP contribution in [0.1, 0.15) is 63.3 Å². The first-order chi connectivity index (χ1) is 14.6. The molecule has 2 amide bonds. The topological polar surface area (TPSA) is 70.1 Å². The van der Waals surface area contributed by atoms with Crippen LogP contribution in [0, 0.1) is 0 Å². The summed E-state index contributed by atoms with van der Waals surface area (Å²) in [5.41, 5.74) is -1.98. The number of halogens is 4. The van der Waals surface area contributed by atoms with E-state index < -0.39 is 29.4 Å². The number of amides is 2. The first kappa shape index (κ1) is 24.6. The van der Waals surface area contributed by atoms with Gasteiger partial charge in [0.15, 0.2) is 0 Å². The molecule has 2 heterocycles. The highest BCUT2D eigenvalue weighted by Gasteiger charge is 2.57. The molecule has 0 radical (unpaired) electrons. The van der Waals surface area contributed by atoms with Gasteiger partial charge in [-0.25, -0.2) is 4.79 Å². The van der Waals surface area contributed by atoms with Crippen LogP contribution in [-0.4, -0.2) is 57.4 Å². The van der Waals surface area contributed by atoms with Gasteiger partial charge in [0, 0.05) is 24.7 Å². The number of carbonyl (C=O) groups excluding carboxylic acids is 2. The summed E-state index contributed by atoms with van der Waals surface area (Å²) in [6, 6.07) is 3.07. The number of hydrogen-bond acceptors (Lipinski definition) is 4. The minimum Gasteiger partial charge on any atom is -0.444 e. The van der Waals surface area contributed by atoms with E-state index in [4.69, 9.17) is 16.3 Å². The molecule has 32 heavy (non-hydrogen) atoms. The van der Waals surface area contributed by atoms with Gasteiger partial charge in [-0.3, -0.25) is 4.79 Å². The van der Waals surface area contributed by atoms with E-state index in [2.05, 4.69) is 0 Å². The molecule has 1 unspecified atom stereocenters. The van der Waals surface area contributed by atoms with Crippen LogP contribution >= 0.6 is 11.6 Å². The third-order valence-electron chi connectivity index (χ3n) is 5.84. The molecule has 10 heteroatoms. The van der Waals surface area contributed by atoms with Crippen molar-refractivity contribution >= 4 is 23.6 Å². The van der Waals surface area contributed by atoms with Crippen LogP contribution < -0.4 is 0 Å². The van der Waals surface area contributed by atoms with Gasteiger partial charge in [-0.1, -0.05) is 11.6 Å². The molecule has 178 valence electrons. The molecule has 2 aliphatic heterocycles. The highest BCUT2D eigenvalue weighted by Crippen LogP contribution is 2.40. The van der Waals surface area contributed by atoms with E-state index in [0.29, 0.717) is 42.5 Å². The standard InChI is InChI=1S/C22H28ClF3N2O4/c1-20(2,3)32-19(30)28-8-5-6-17(28)15-11-14(23)10-13-7-9-27(12-16(13)15)18(29)21(4,31)22(24,25)26/h10-11,17,31H,5-9,12H2,1-4H3/t17-,21?/m0/s1. The van der Waals surface area contributed by atoms with Crippen LogP contribution in [0.5, 0.6) is 0 Å². The van der Waals surface area contributed by atoms with Crippen LogP contribution in [0.25, 0.3) is 0 Å². The van der Waals surface area contributed by atoms with E-state index in [1.807, 2.05) is 0 Å². The Balaban J connectivity index is 1.94. The summed E-state index contributed by atoms with van der Waals surface area (Å²) < 4.78 is 45.2. The number of alkyl halides is 3. The van der Waals surface area contributed by atoms with Crippen molar-refractivity contribution in [3.05, 3.63) is 33.8 Å². The third-order valence-corrected chi connectivity index (χ3v) is 6.06. The Morgan fingerprint density at radius 1 is 1.16 bits per heavy atom. The van der Waals surface area contributed by atoms with Crippen LogP contribution in [0.15, 0.2) is 12.1 Å². The molecule has 0 aromatic heterocycles. The average molecular weight is 477 g/mol. The first-order valence-electron chi connectivity index (χ1n) is 10.5. The monoisotopic (exact) mass is 476 g/mol. The van der Waals surface area contributed by atoms with Gasteiger partial charge in [-0.2, -0.15) is 13.2 Å². The minimum atomic E-state index is -5.09. The lowest BCUT2D eigenvalue weighted by Crippen LogP contribution is -2.56. The molecule has 1 saturated heterocycles. The molecule has 6 nitrogen and oxygen atoms in total. The number of aliphatic hydroxyl groups is 1. The normalized spacial score (nSPS) is 21.2. The van der Waals surface area contributed by atoms with Crippen molar-refractivity contribution < 1.29 is 32.6 Å². The molecule has 1 N–H and O–H groups in total. The zero-order valence-corrected chi connectivity index (χ0v) is 19.3. The number of nitrogens with zero attached hydrogens (tertiary/aromatic N) is 2. The van der Waals surface area contributed by atoms with Gasteiger partial charge in [0.2, 0.25) is 5.60 Å². The maximum absolute atomic E-state index is 13.2. The second-order valence-electron chi connectivity index (χ2n) is 9.51. The molecule has 2 aliphatic rings. The average Bonchev–Trinajstić information content (AvgIpc) is 3.14. The summed E-state index contributed by atoms with van der Waals surface area (Å²) in [6.45, 7) is 6.18. The van der Waals surface area contributed by atoms with Crippen molar-refractivity contribution in [3.8, 4) is 0 Å². The Morgan fingerprint density at radius 3 is 2.41 bits per heavy atom. The highest BCUT2D eigenvalue weighted by atomic mass is 35.5. The van der Waals surface area contributed by atoms with E-state index in [0.717, 1.165) is 16.9 Å². The first-order valence-corrected chi connectivity index (χ1v) is 10.9. The summed E-state index contributed by atoms with van der Waals surface area (Å²) in [5, 5.41) is 10.3. The van der Waals surface area contributed by atoms with E-state index in [-0.39, 0.29) is 19.1 Å². The highest BCUT2D eigenvalue weighted by molar-refractivity contribution is 6.30. The zero-order valence-electron chi connectivity index (χ0n) is 18.6. The Hall–Kier alpha value is -2.00. The van der Waals surface area contributed by atoms with E-state index in [1.165, 1.54) is 0 Å². The molecule has 1 aromatic carbocycles. The van der Waals surface area contributed by atoms with Gasteiger partial charge in [-0.15, -0.1) is 0 Å². The largest absolute Gasteiger partial charge is 0.444 e. The number of benzene rings is 1. The molecule has 1 aromatic rings. The van der Waals surface area contributed by atoms with E-state index in [1.54, 1.807) is 37.8 Å². The summed E-state index contributed by atoms with van der Waals surface area (Å²) in [7, 11) is 0. The Labute approximate surface area is 190 Å². The lowest BCUT2D eigenvalue weighted by Gasteiger charge is -2.37. The van der Waals surface area contributed by atoms with Gasteiger partial charge >= 0.3 is 12.3 Å². The lowest BCUT2D eigenvalue weighted by molar-refractivity contribution is -0.250. The van der Waals surface area contributed by atoms with Crippen molar-refractivity contribution in [2.45, 2.75) is 76.9 Å². The summed E-state index contributed by atoms with van der Waals surface area (Å²) in [5.74, 6) is -1.40. The number of rotatable bonds is 2. The van der Waals surface area contributed by atoms with Crippen LogP contribution in [0.2, 0.25) is 5.02 Å². The van der Waals surface area contributed by atoms with Crippen molar-refractivity contribution in [2.75, 3.05) is 13.1 Å². The summed E-state index contributed by atoms with van der Waals surface area (Å²) in [4.78, 5) is 27.9. The molecule has 1 fully saturated rings. The number of ether oxygens (including phenoxy) is 1. The van der Waals surface area contributed by atoms with E-state index >= 15 is 0 Å². The van der Waals surface area contributed by atoms with Crippen LogP contribution in [0.4, 0.5) is 18.0 Å². The quantitative estimate of drug-likeness (QED) is 0.676. The fraction of sp³-hybridized carbons (Fsp3) is 0.636. The number of fused-ring (bicyclic) bond motifs is 1. The molecular weight excluding hydrogens is 449 g/mol. The Morgan fingerprint density at radius 2 is 1.81 bits per heavy atom. The molecular formula is C22H28ClF3N2O4. The Kier molecular flexibility index (Phi) is 6.47. The van der Waals surface area contributed by atoms with Gasteiger partial charge in [0.1, 0.15) is 5.60 Å². The minimum absolute atomic E-state index is 0.0261. The smallest absolute Gasteiger partial charge is 0.426 e. The van der Waals surface area contributed by atoms with Crippen molar-refractivity contribution in [1.29, 1.82) is 0 Å². The van der Waals surface area contributed by atoms with Crippen molar-refractivity contribution in [2.24, 2.45) is 0 Å². The fourth-order valence-electron chi connectivity index (χ4n) is 4.19.